The minimum Gasteiger partial charge on any atom is -0.343 e. The molecule has 2 aromatic rings. The first kappa shape index (κ1) is 24.4. The number of rotatable bonds is 7. The molecule has 0 radical (unpaired) electrons. The highest BCUT2D eigenvalue weighted by Crippen LogP contribution is 2.32. The van der Waals surface area contributed by atoms with Crippen molar-refractivity contribution in [1.82, 2.24) is 15.6 Å². The van der Waals surface area contributed by atoms with Gasteiger partial charge in [-0.1, -0.05) is 26.0 Å². The number of fused-ring (bicyclic) bond motifs is 1. The van der Waals surface area contributed by atoms with Crippen LogP contribution in [0.15, 0.2) is 36.5 Å². The normalized spacial score (nSPS) is 16.8. The van der Waals surface area contributed by atoms with E-state index in [-0.39, 0.29) is 23.6 Å². The Balaban J connectivity index is 1.91. The molecule has 1 aromatic carbocycles. The third-order valence-electron chi connectivity index (χ3n) is 5.91. The zero-order valence-corrected chi connectivity index (χ0v) is 20.1. The van der Waals surface area contributed by atoms with Crippen LogP contribution in [-0.2, 0) is 20.8 Å². The lowest BCUT2D eigenvalue weighted by atomic mass is 10.0. The molecule has 1 aliphatic heterocycles. The van der Waals surface area contributed by atoms with Crippen LogP contribution in [0.2, 0.25) is 0 Å². The Hall–Kier alpha value is -3.26. The third kappa shape index (κ3) is 5.39. The lowest BCUT2D eigenvalue weighted by molar-refractivity contribution is -0.130. The Kier molecular flexibility index (Phi) is 7.48. The van der Waals surface area contributed by atoms with Crippen molar-refractivity contribution in [1.29, 1.82) is 0 Å². The van der Waals surface area contributed by atoms with Crippen LogP contribution < -0.4 is 20.9 Å². The van der Waals surface area contributed by atoms with E-state index in [1.807, 2.05) is 52.0 Å². The summed E-state index contributed by atoms with van der Waals surface area (Å²) in [5, 5.41) is 8.69. The van der Waals surface area contributed by atoms with E-state index in [4.69, 9.17) is 0 Å². The van der Waals surface area contributed by atoms with E-state index in [1.165, 1.54) is 4.90 Å². The van der Waals surface area contributed by atoms with Gasteiger partial charge in [-0.05, 0) is 68.6 Å². The van der Waals surface area contributed by atoms with Gasteiger partial charge in [-0.2, -0.15) is 0 Å². The van der Waals surface area contributed by atoms with Gasteiger partial charge in [0.15, 0.2) is 0 Å². The number of benzene rings is 1. The highest BCUT2D eigenvalue weighted by atomic mass is 16.2. The van der Waals surface area contributed by atoms with Gasteiger partial charge in [-0.3, -0.25) is 19.3 Å². The second-order valence-corrected chi connectivity index (χ2v) is 9.02. The summed E-state index contributed by atoms with van der Waals surface area (Å²) in [7, 11) is 1.68. The number of aromatic nitrogens is 1. The van der Waals surface area contributed by atoms with Gasteiger partial charge in [-0.25, -0.2) is 4.98 Å². The summed E-state index contributed by atoms with van der Waals surface area (Å²) in [5.74, 6) is -0.629. The maximum absolute atomic E-state index is 13.7. The van der Waals surface area contributed by atoms with Crippen LogP contribution in [0, 0.1) is 19.8 Å². The smallest absolute Gasteiger partial charge is 0.251 e. The summed E-state index contributed by atoms with van der Waals surface area (Å²) in [6.07, 6.45) is 1.96. The first-order chi connectivity index (χ1) is 15.6. The molecule has 3 amide bonds. The van der Waals surface area contributed by atoms with E-state index in [2.05, 4.69) is 20.9 Å². The van der Waals surface area contributed by atoms with Crippen molar-refractivity contribution in [3.8, 4) is 0 Å². The number of nitrogens with one attached hydrogen (secondary N) is 3. The number of carbonyl (C=O) groups excluding carboxylic acids is 3. The molecular weight excluding hydrogens is 418 g/mol. The predicted molar refractivity (Wildman–Crippen MR) is 129 cm³/mol. The Morgan fingerprint density at radius 3 is 2.36 bits per heavy atom. The molecule has 0 fully saturated rings. The highest BCUT2D eigenvalue weighted by Gasteiger charge is 2.43. The number of nitrogens with zero attached hydrogens (tertiary/aromatic N) is 2. The maximum Gasteiger partial charge on any atom is 0.251 e. The zero-order chi connectivity index (χ0) is 24.3. The number of hydrogen-bond acceptors (Lipinski definition) is 5. The van der Waals surface area contributed by atoms with E-state index in [9.17, 15) is 14.4 Å². The molecule has 0 unspecified atom stereocenters. The Labute approximate surface area is 195 Å². The predicted octanol–water partition coefficient (Wildman–Crippen LogP) is 2.34. The Morgan fingerprint density at radius 1 is 1.09 bits per heavy atom. The quantitative estimate of drug-likeness (QED) is 0.600. The van der Waals surface area contributed by atoms with Gasteiger partial charge in [0.25, 0.3) is 5.91 Å². The monoisotopic (exact) mass is 451 g/mol. The molecule has 0 saturated heterocycles. The fourth-order valence-corrected chi connectivity index (χ4v) is 4.07. The minimum atomic E-state index is -0.794. The summed E-state index contributed by atoms with van der Waals surface area (Å²) < 4.78 is 0. The van der Waals surface area contributed by atoms with Crippen molar-refractivity contribution in [3.05, 3.63) is 53.2 Å². The van der Waals surface area contributed by atoms with Gasteiger partial charge in [-0.15, -0.1) is 0 Å². The van der Waals surface area contributed by atoms with Crippen LogP contribution in [-0.4, -0.2) is 47.9 Å². The topological polar surface area (TPSA) is 103 Å². The van der Waals surface area contributed by atoms with Crippen molar-refractivity contribution in [2.24, 2.45) is 5.92 Å². The van der Waals surface area contributed by atoms with Crippen LogP contribution in [0.25, 0.3) is 0 Å². The first-order valence-corrected chi connectivity index (χ1v) is 11.3. The average Bonchev–Trinajstić information content (AvgIpc) is 3.15. The summed E-state index contributed by atoms with van der Waals surface area (Å²) in [5.41, 5.74) is 3.58. The summed E-state index contributed by atoms with van der Waals surface area (Å²) in [4.78, 5) is 45.5. The fourth-order valence-electron chi connectivity index (χ4n) is 4.07. The van der Waals surface area contributed by atoms with E-state index >= 15 is 0 Å². The summed E-state index contributed by atoms with van der Waals surface area (Å²) in [6, 6.07) is 7.48. The van der Waals surface area contributed by atoms with Gasteiger partial charge in [0.2, 0.25) is 11.8 Å². The van der Waals surface area contributed by atoms with Gasteiger partial charge >= 0.3 is 0 Å². The van der Waals surface area contributed by atoms with Crippen molar-refractivity contribution < 1.29 is 14.4 Å². The number of pyridine rings is 1. The number of amides is 3. The van der Waals surface area contributed by atoms with Crippen molar-refractivity contribution in [2.45, 2.75) is 59.2 Å². The molecule has 176 valence electrons. The zero-order valence-electron chi connectivity index (χ0n) is 20.1. The maximum atomic E-state index is 13.7. The Bertz CT molecular complexity index is 1030. The summed E-state index contributed by atoms with van der Waals surface area (Å²) >= 11 is 0. The van der Waals surface area contributed by atoms with Crippen LogP contribution >= 0.6 is 0 Å². The van der Waals surface area contributed by atoms with E-state index in [1.54, 1.807) is 26.2 Å². The minimum absolute atomic E-state index is 0.179. The Morgan fingerprint density at radius 2 is 1.76 bits per heavy atom. The fraction of sp³-hybridized carbons (Fsp3) is 0.440. The molecule has 3 rings (SSSR count). The molecular formula is C25H33N5O3. The first-order valence-electron chi connectivity index (χ1n) is 11.3. The van der Waals surface area contributed by atoms with Gasteiger partial charge < -0.3 is 16.0 Å². The number of likely N-dealkylation sites (N-methyl/N-ethyl adjacent to an activating group) is 1. The van der Waals surface area contributed by atoms with E-state index in [0.717, 1.165) is 16.7 Å². The molecule has 33 heavy (non-hydrogen) atoms. The van der Waals surface area contributed by atoms with Crippen molar-refractivity contribution in [2.75, 3.05) is 17.3 Å². The highest BCUT2D eigenvalue weighted by molar-refractivity contribution is 6.09. The number of aryl methyl sites for hydroxylation is 2. The summed E-state index contributed by atoms with van der Waals surface area (Å²) in [6.45, 7) is 9.40. The molecule has 3 N–H and O–H groups in total. The lowest BCUT2D eigenvalue weighted by Gasteiger charge is -2.31. The van der Waals surface area contributed by atoms with Crippen LogP contribution in [0.4, 0.5) is 11.5 Å². The number of hydrogen-bond donors (Lipinski definition) is 3. The van der Waals surface area contributed by atoms with Gasteiger partial charge in [0.05, 0.1) is 6.04 Å². The molecule has 2 heterocycles. The molecule has 1 aliphatic rings. The second kappa shape index (κ2) is 10.1. The standard InChI is InChI=1S/C25H33N5O3/c1-14(2)21(29-23(31)17(5)26-6)25(33)30-20(13-18-8-7-9-27-22(18)30)24(32)28-19-11-15(3)10-16(4)12-19/h7-12,14,17,20-21,26H,13H2,1-6H3,(H,28,32)(H,29,31)/t17-,20-,21-/m0/s1. The average molecular weight is 452 g/mol. The van der Waals surface area contributed by atoms with Gasteiger partial charge in [0, 0.05) is 18.3 Å². The largest absolute Gasteiger partial charge is 0.343 e. The second-order valence-electron chi connectivity index (χ2n) is 9.02. The molecule has 3 atom stereocenters. The molecule has 0 spiro atoms. The third-order valence-corrected chi connectivity index (χ3v) is 5.91. The molecule has 1 aromatic heterocycles. The van der Waals surface area contributed by atoms with E-state index < -0.39 is 18.1 Å². The number of anilines is 2. The molecule has 0 bridgehead atoms. The number of carbonyl (C=O) groups is 3. The molecule has 0 aliphatic carbocycles. The van der Waals surface area contributed by atoms with Crippen molar-refractivity contribution in [3.63, 3.8) is 0 Å². The van der Waals surface area contributed by atoms with Crippen molar-refractivity contribution >= 4 is 29.2 Å². The van der Waals surface area contributed by atoms with Crippen LogP contribution in [0.1, 0.15) is 37.5 Å². The SMILES string of the molecule is CN[C@@H](C)C(=O)N[C@H](C(=O)N1c2ncccc2C[C@H]1C(=O)Nc1cc(C)cc(C)c1)C(C)C. The molecule has 8 nitrogen and oxygen atoms in total. The molecule has 8 heteroatoms. The van der Waals surface area contributed by atoms with Crippen LogP contribution in [0.3, 0.4) is 0 Å². The lowest BCUT2D eigenvalue weighted by Crippen LogP contribution is -2.57. The van der Waals surface area contributed by atoms with E-state index in [0.29, 0.717) is 17.9 Å². The van der Waals surface area contributed by atoms with Gasteiger partial charge in [0.1, 0.15) is 17.9 Å². The van der Waals surface area contributed by atoms with Crippen LogP contribution in [0.5, 0.6) is 0 Å². The molecule has 0 saturated carbocycles.